The number of nitrogens with two attached hydrogens (primary N) is 1. The minimum absolute atomic E-state index is 0.136. The highest BCUT2D eigenvalue weighted by molar-refractivity contribution is 5.86. The Balaban J connectivity index is 1.30. The monoisotopic (exact) mass is 484 g/mol. The molecular weight excluding hydrogens is 448 g/mol. The molecule has 1 heterocycles. The van der Waals surface area contributed by atoms with Crippen LogP contribution in [0.25, 0.3) is 11.1 Å². The van der Waals surface area contributed by atoms with E-state index in [0.717, 1.165) is 68.7 Å². The van der Waals surface area contributed by atoms with Gasteiger partial charge in [0, 0.05) is 39.3 Å². The zero-order valence-corrected chi connectivity index (χ0v) is 21.0. The van der Waals surface area contributed by atoms with Gasteiger partial charge in [-0.3, -0.25) is 14.6 Å². The number of hydrogen-bond acceptors (Lipinski definition) is 6. The number of hydrogen-bond donors (Lipinski definition) is 2. The molecule has 3 N–H and O–H groups in total. The number of carbonyl (C=O) groups is 1. The van der Waals surface area contributed by atoms with Gasteiger partial charge in [0.05, 0.1) is 30.1 Å². The Bertz CT molecular complexity index is 1080. The SMILES string of the molecule is N#CCN1CCN(Cc2ccc(-c3ccc(C(C#N)CNC(=O)C4(N)CCCCC4)cc3)cc2)CC1. The Morgan fingerprint density at radius 2 is 1.50 bits per heavy atom. The Morgan fingerprint density at radius 3 is 2.08 bits per heavy atom. The van der Waals surface area contributed by atoms with Crippen LogP contribution in [0.3, 0.4) is 0 Å². The summed E-state index contributed by atoms with van der Waals surface area (Å²) in [5.41, 5.74) is 9.93. The molecule has 7 heteroatoms. The summed E-state index contributed by atoms with van der Waals surface area (Å²) in [5.74, 6) is -0.547. The summed E-state index contributed by atoms with van der Waals surface area (Å²) < 4.78 is 0. The van der Waals surface area contributed by atoms with E-state index in [2.05, 4.69) is 51.5 Å². The van der Waals surface area contributed by atoms with E-state index in [0.29, 0.717) is 19.4 Å². The van der Waals surface area contributed by atoms with E-state index < -0.39 is 11.5 Å². The normalized spacial score (nSPS) is 19.1. The number of nitrogens with one attached hydrogen (secondary N) is 1. The lowest BCUT2D eigenvalue weighted by Crippen LogP contribution is -2.55. The molecule has 0 spiro atoms. The highest BCUT2D eigenvalue weighted by Crippen LogP contribution is 2.27. The van der Waals surface area contributed by atoms with Gasteiger partial charge >= 0.3 is 0 Å². The number of piperazine rings is 1. The Labute approximate surface area is 214 Å². The van der Waals surface area contributed by atoms with Crippen LogP contribution >= 0.6 is 0 Å². The Hall–Kier alpha value is -3.23. The molecule has 2 aromatic carbocycles. The van der Waals surface area contributed by atoms with Crippen LogP contribution in [0.4, 0.5) is 0 Å². The number of nitrogens with zero attached hydrogens (tertiary/aromatic N) is 4. The number of amides is 1. The van der Waals surface area contributed by atoms with Crippen molar-refractivity contribution in [3.8, 4) is 23.3 Å². The average Bonchev–Trinajstić information content (AvgIpc) is 2.91. The molecule has 0 bridgehead atoms. The summed E-state index contributed by atoms with van der Waals surface area (Å²) >= 11 is 0. The average molecular weight is 485 g/mol. The largest absolute Gasteiger partial charge is 0.353 e. The highest BCUT2D eigenvalue weighted by Gasteiger charge is 2.35. The molecule has 1 aliphatic carbocycles. The molecule has 1 saturated carbocycles. The molecule has 7 nitrogen and oxygen atoms in total. The van der Waals surface area contributed by atoms with Gasteiger partial charge in [-0.15, -0.1) is 0 Å². The van der Waals surface area contributed by atoms with E-state index in [9.17, 15) is 10.1 Å². The molecule has 2 aliphatic rings. The fourth-order valence-electron chi connectivity index (χ4n) is 5.19. The molecule has 1 amide bonds. The van der Waals surface area contributed by atoms with Crippen LogP contribution in [0.2, 0.25) is 0 Å². The second kappa shape index (κ2) is 12.1. The predicted octanol–water partition coefficient (Wildman–Crippen LogP) is 3.38. The summed E-state index contributed by atoms with van der Waals surface area (Å²) in [4.78, 5) is 17.3. The first-order valence-corrected chi connectivity index (χ1v) is 13.0. The van der Waals surface area contributed by atoms with Crippen LogP contribution in [-0.4, -0.2) is 60.5 Å². The van der Waals surface area contributed by atoms with Gasteiger partial charge in [-0.05, 0) is 35.1 Å². The first kappa shape index (κ1) is 25.9. The number of nitriles is 2. The molecule has 36 heavy (non-hydrogen) atoms. The molecule has 1 aliphatic heterocycles. The van der Waals surface area contributed by atoms with Gasteiger partial charge in [-0.25, -0.2) is 0 Å². The van der Waals surface area contributed by atoms with E-state index in [4.69, 9.17) is 11.0 Å². The minimum Gasteiger partial charge on any atom is -0.353 e. The van der Waals surface area contributed by atoms with Gasteiger partial charge < -0.3 is 11.1 Å². The standard InChI is InChI=1S/C29H36N6O/c30-14-15-34-16-18-35(19-17-34)22-23-4-6-24(7-5-23)25-8-10-26(11-9-25)27(20-31)21-33-28(36)29(32)12-2-1-3-13-29/h4-11,27H,1-3,12-13,15-19,21-22,32H2,(H,33,36). The van der Waals surface area contributed by atoms with Crippen molar-refractivity contribution in [2.75, 3.05) is 39.3 Å². The molecule has 1 unspecified atom stereocenters. The molecular formula is C29H36N6O. The van der Waals surface area contributed by atoms with Crippen LogP contribution in [0, 0.1) is 22.7 Å². The lowest BCUT2D eigenvalue weighted by Gasteiger charge is -2.33. The lowest BCUT2D eigenvalue weighted by atomic mass is 9.82. The van der Waals surface area contributed by atoms with Gasteiger partial charge in [0.15, 0.2) is 0 Å². The third-order valence-corrected chi connectivity index (χ3v) is 7.59. The highest BCUT2D eigenvalue weighted by atomic mass is 16.2. The summed E-state index contributed by atoms with van der Waals surface area (Å²) in [6.07, 6.45) is 4.51. The van der Waals surface area contributed by atoms with Gasteiger partial charge in [0.1, 0.15) is 0 Å². The maximum atomic E-state index is 12.6. The molecule has 4 rings (SSSR count). The summed E-state index contributed by atoms with van der Waals surface area (Å²) in [6, 6.07) is 21.2. The molecule has 2 fully saturated rings. The van der Waals surface area contributed by atoms with E-state index in [1.165, 1.54) is 5.56 Å². The van der Waals surface area contributed by atoms with Crippen molar-refractivity contribution >= 4 is 5.91 Å². The zero-order chi connectivity index (χ0) is 25.4. The van der Waals surface area contributed by atoms with Crippen LogP contribution < -0.4 is 11.1 Å². The number of carbonyl (C=O) groups excluding carboxylic acids is 1. The summed E-state index contributed by atoms with van der Waals surface area (Å²) in [7, 11) is 0. The van der Waals surface area contributed by atoms with E-state index in [1.807, 2.05) is 24.3 Å². The fourth-order valence-corrected chi connectivity index (χ4v) is 5.19. The van der Waals surface area contributed by atoms with Gasteiger partial charge in [0.25, 0.3) is 0 Å². The van der Waals surface area contributed by atoms with E-state index >= 15 is 0 Å². The van der Waals surface area contributed by atoms with Crippen LogP contribution in [0.5, 0.6) is 0 Å². The molecule has 2 aromatic rings. The molecule has 188 valence electrons. The first-order valence-electron chi connectivity index (χ1n) is 13.0. The topological polar surface area (TPSA) is 109 Å². The Kier molecular flexibility index (Phi) is 8.72. The third kappa shape index (κ3) is 6.50. The van der Waals surface area contributed by atoms with Crippen molar-refractivity contribution in [2.45, 2.75) is 50.1 Å². The van der Waals surface area contributed by atoms with Crippen molar-refractivity contribution in [1.82, 2.24) is 15.1 Å². The molecule has 1 atom stereocenters. The second-order valence-corrected chi connectivity index (χ2v) is 10.1. The van der Waals surface area contributed by atoms with E-state index in [1.54, 1.807) is 0 Å². The number of rotatable bonds is 8. The lowest BCUT2D eigenvalue weighted by molar-refractivity contribution is -0.127. The quantitative estimate of drug-likeness (QED) is 0.556. The second-order valence-electron chi connectivity index (χ2n) is 10.1. The summed E-state index contributed by atoms with van der Waals surface area (Å²) in [5, 5.41) is 21.5. The molecule has 0 aromatic heterocycles. The molecule has 1 saturated heterocycles. The smallest absolute Gasteiger partial charge is 0.240 e. The van der Waals surface area contributed by atoms with Crippen molar-refractivity contribution in [1.29, 1.82) is 10.5 Å². The first-order chi connectivity index (χ1) is 17.5. The van der Waals surface area contributed by atoms with Crippen molar-refractivity contribution in [3.05, 3.63) is 59.7 Å². The van der Waals surface area contributed by atoms with Gasteiger partial charge in [-0.1, -0.05) is 67.8 Å². The summed E-state index contributed by atoms with van der Waals surface area (Å²) in [6.45, 7) is 5.55. The van der Waals surface area contributed by atoms with Crippen molar-refractivity contribution in [2.24, 2.45) is 5.73 Å². The van der Waals surface area contributed by atoms with Crippen LogP contribution in [-0.2, 0) is 11.3 Å². The van der Waals surface area contributed by atoms with Crippen LogP contribution in [0.15, 0.2) is 48.5 Å². The van der Waals surface area contributed by atoms with Crippen molar-refractivity contribution < 1.29 is 4.79 Å². The molecule has 0 radical (unpaired) electrons. The maximum absolute atomic E-state index is 12.6. The third-order valence-electron chi connectivity index (χ3n) is 7.59. The zero-order valence-electron chi connectivity index (χ0n) is 21.0. The van der Waals surface area contributed by atoms with Gasteiger partial charge in [-0.2, -0.15) is 10.5 Å². The van der Waals surface area contributed by atoms with Crippen molar-refractivity contribution in [3.63, 3.8) is 0 Å². The predicted molar refractivity (Wildman–Crippen MR) is 141 cm³/mol. The maximum Gasteiger partial charge on any atom is 0.240 e. The van der Waals surface area contributed by atoms with Gasteiger partial charge in [0.2, 0.25) is 5.91 Å². The fraction of sp³-hybridized carbons (Fsp3) is 0.483. The number of benzene rings is 2. The minimum atomic E-state index is -0.792. The van der Waals surface area contributed by atoms with E-state index in [-0.39, 0.29) is 12.5 Å². The Morgan fingerprint density at radius 1 is 0.917 bits per heavy atom. The van der Waals surface area contributed by atoms with Crippen LogP contribution in [0.1, 0.15) is 49.1 Å².